The Morgan fingerprint density at radius 3 is 2.61 bits per heavy atom. The van der Waals surface area contributed by atoms with E-state index in [1.807, 2.05) is 0 Å². The van der Waals surface area contributed by atoms with Crippen LogP contribution in [-0.4, -0.2) is 49.1 Å². The number of methoxy groups -OCH3 is 2. The van der Waals surface area contributed by atoms with Gasteiger partial charge >= 0.3 is 0 Å². The number of para-hydroxylation sites is 1. The molecular weight excluding hydrogens is 405 g/mol. The Labute approximate surface area is 177 Å². The maximum Gasteiger partial charge on any atom is 0.290 e. The molecule has 160 valence electrons. The zero-order valence-corrected chi connectivity index (χ0v) is 16.9. The Balaban J connectivity index is 1.80. The quantitative estimate of drug-likeness (QED) is 0.579. The van der Waals surface area contributed by atoms with Gasteiger partial charge in [0.05, 0.1) is 25.3 Å². The molecule has 0 saturated carbocycles. The summed E-state index contributed by atoms with van der Waals surface area (Å²) in [5, 5.41) is 11.2. The molecule has 31 heavy (non-hydrogen) atoms. The number of carbonyl (C=O) groups is 2. The molecule has 0 spiro atoms. The van der Waals surface area contributed by atoms with Crippen LogP contribution in [-0.2, 0) is 9.53 Å². The first-order valence-electron chi connectivity index (χ1n) is 9.56. The predicted molar refractivity (Wildman–Crippen MR) is 109 cm³/mol. The molecule has 2 heterocycles. The molecule has 1 aliphatic rings. The van der Waals surface area contributed by atoms with Gasteiger partial charge in [-0.25, -0.2) is 4.39 Å². The highest BCUT2D eigenvalue weighted by Crippen LogP contribution is 2.40. The van der Waals surface area contributed by atoms with E-state index in [9.17, 15) is 19.1 Å². The second-order valence-corrected chi connectivity index (χ2v) is 7.03. The molecule has 0 fully saturated rings. The lowest BCUT2D eigenvalue weighted by atomic mass is 9.95. The zero-order valence-electron chi connectivity index (χ0n) is 16.9. The van der Waals surface area contributed by atoms with Crippen LogP contribution in [0, 0.1) is 5.82 Å². The molecule has 0 saturated heterocycles. The lowest BCUT2D eigenvalue weighted by molar-refractivity contribution is -0.130. The van der Waals surface area contributed by atoms with Crippen molar-refractivity contribution in [1.82, 2.24) is 4.90 Å². The number of furan rings is 1. The summed E-state index contributed by atoms with van der Waals surface area (Å²) in [5.41, 5.74) is 0.727. The van der Waals surface area contributed by atoms with Crippen LogP contribution in [0.1, 0.15) is 22.2 Å². The van der Waals surface area contributed by atoms with Crippen molar-refractivity contribution in [3.8, 4) is 5.75 Å². The molecule has 0 bridgehead atoms. The number of aliphatic hydroxyl groups is 1. The molecule has 2 aromatic carbocycles. The van der Waals surface area contributed by atoms with Crippen LogP contribution >= 0.6 is 0 Å². The summed E-state index contributed by atoms with van der Waals surface area (Å²) in [6.45, 7) is 0.326. The first-order chi connectivity index (χ1) is 15.0. The van der Waals surface area contributed by atoms with Gasteiger partial charge in [-0.15, -0.1) is 0 Å². The Hall–Kier alpha value is -3.65. The van der Waals surface area contributed by atoms with Crippen LogP contribution < -0.4 is 4.74 Å². The van der Waals surface area contributed by atoms with Gasteiger partial charge in [-0.1, -0.05) is 24.3 Å². The molecule has 1 atom stereocenters. The molecule has 0 aliphatic carbocycles. The number of ether oxygens (including phenoxy) is 2. The molecule has 1 N–H and O–H groups in total. The Morgan fingerprint density at radius 2 is 1.94 bits per heavy atom. The van der Waals surface area contributed by atoms with E-state index in [2.05, 4.69) is 0 Å². The largest absolute Gasteiger partial charge is 0.503 e. The van der Waals surface area contributed by atoms with E-state index in [0.29, 0.717) is 22.3 Å². The van der Waals surface area contributed by atoms with Gasteiger partial charge in [0.25, 0.3) is 5.91 Å². The maximum absolute atomic E-state index is 13.5. The van der Waals surface area contributed by atoms with Gasteiger partial charge in [-0.2, -0.15) is 0 Å². The second-order valence-electron chi connectivity index (χ2n) is 7.03. The minimum atomic E-state index is -0.911. The standard InChI is InChI=1S/C23H20FNO6/c1-29-11-10-25-19(13-6-8-15(24)9-7-13)18(21(27)23(25)28)20(26)17-12-14-4-3-5-16(30-2)22(14)31-17/h3-9,12,19,27H,10-11H2,1-2H3. The van der Waals surface area contributed by atoms with Gasteiger partial charge in [0.2, 0.25) is 5.78 Å². The van der Waals surface area contributed by atoms with Gasteiger partial charge in [0, 0.05) is 19.0 Å². The van der Waals surface area contributed by atoms with Crippen molar-refractivity contribution >= 4 is 22.7 Å². The van der Waals surface area contributed by atoms with E-state index in [1.54, 1.807) is 18.2 Å². The number of ketones is 1. The van der Waals surface area contributed by atoms with E-state index in [4.69, 9.17) is 13.9 Å². The third kappa shape index (κ3) is 3.55. The second kappa shape index (κ2) is 8.23. The normalized spacial score (nSPS) is 16.4. The highest BCUT2D eigenvalue weighted by Gasteiger charge is 2.44. The monoisotopic (exact) mass is 425 g/mol. The van der Waals surface area contributed by atoms with Crippen LogP contribution in [0.25, 0.3) is 11.0 Å². The first-order valence-corrected chi connectivity index (χ1v) is 9.56. The van der Waals surface area contributed by atoms with E-state index in [0.717, 1.165) is 0 Å². The van der Waals surface area contributed by atoms with Crippen molar-refractivity contribution in [1.29, 1.82) is 0 Å². The first kappa shape index (κ1) is 20.6. The maximum atomic E-state index is 13.5. The summed E-state index contributed by atoms with van der Waals surface area (Å²) in [7, 11) is 2.97. The molecule has 1 amide bonds. The minimum Gasteiger partial charge on any atom is -0.503 e. The average Bonchev–Trinajstić information content (AvgIpc) is 3.32. The summed E-state index contributed by atoms with van der Waals surface area (Å²) in [6.07, 6.45) is 0. The number of Topliss-reactive ketones (excluding diaryl/α,β-unsaturated/α-hetero) is 1. The molecular formula is C23H20FNO6. The smallest absolute Gasteiger partial charge is 0.290 e. The molecule has 3 aromatic rings. The molecule has 1 aliphatic heterocycles. The number of hydrogen-bond acceptors (Lipinski definition) is 6. The number of rotatable bonds is 7. The van der Waals surface area contributed by atoms with Gasteiger partial charge in [-0.3, -0.25) is 9.59 Å². The molecule has 8 heteroatoms. The van der Waals surface area contributed by atoms with Crippen molar-refractivity contribution in [3.63, 3.8) is 0 Å². The van der Waals surface area contributed by atoms with E-state index in [-0.39, 0.29) is 24.5 Å². The number of benzene rings is 2. The third-order valence-electron chi connectivity index (χ3n) is 5.22. The summed E-state index contributed by atoms with van der Waals surface area (Å²) in [4.78, 5) is 27.5. The van der Waals surface area contributed by atoms with Gasteiger partial charge < -0.3 is 23.9 Å². The molecule has 1 unspecified atom stereocenters. The van der Waals surface area contributed by atoms with Crippen molar-refractivity contribution in [2.75, 3.05) is 27.4 Å². The Kier molecular flexibility index (Phi) is 5.48. The van der Waals surface area contributed by atoms with Crippen LogP contribution in [0.5, 0.6) is 5.75 Å². The van der Waals surface area contributed by atoms with E-state index >= 15 is 0 Å². The number of nitrogens with zero attached hydrogens (tertiary/aromatic N) is 1. The summed E-state index contributed by atoms with van der Waals surface area (Å²) >= 11 is 0. The number of halogens is 1. The Morgan fingerprint density at radius 1 is 1.19 bits per heavy atom. The lowest BCUT2D eigenvalue weighted by Crippen LogP contribution is -2.34. The fourth-order valence-corrected chi connectivity index (χ4v) is 3.74. The molecule has 4 rings (SSSR count). The average molecular weight is 425 g/mol. The van der Waals surface area contributed by atoms with Crippen molar-refractivity contribution in [3.05, 3.63) is 77.0 Å². The van der Waals surface area contributed by atoms with Crippen molar-refractivity contribution in [2.45, 2.75) is 6.04 Å². The lowest BCUT2D eigenvalue weighted by Gasteiger charge is -2.26. The topological polar surface area (TPSA) is 89.2 Å². The number of amides is 1. The van der Waals surface area contributed by atoms with Crippen LogP contribution in [0.15, 0.2) is 64.3 Å². The fourth-order valence-electron chi connectivity index (χ4n) is 3.74. The highest BCUT2D eigenvalue weighted by atomic mass is 19.1. The summed E-state index contributed by atoms with van der Waals surface area (Å²) < 4.78 is 29.5. The Bertz CT molecular complexity index is 1180. The fraction of sp³-hybridized carbons (Fsp3) is 0.217. The number of aliphatic hydroxyl groups excluding tert-OH is 1. The van der Waals surface area contributed by atoms with E-state index < -0.39 is 29.3 Å². The number of fused-ring (bicyclic) bond motifs is 1. The van der Waals surface area contributed by atoms with Crippen molar-refractivity contribution < 1.29 is 33.0 Å². The predicted octanol–water partition coefficient (Wildman–Crippen LogP) is 3.81. The minimum absolute atomic E-state index is 0.0467. The van der Waals surface area contributed by atoms with Gasteiger partial charge in [0.15, 0.2) is 22.9 Å². The summed E-state index contributed by atoms with van der Waals surface area (Å²) in [5.74, 6) is -2.06. The van der Waals surface area contributed by atoms with Crippen LogP contribution in [0.2, 0.25) is 0 Å². The molecule has 0 radical (unpaired) electrons. The van der Waals surface area contributed by atoms with Gasteiger partial charge in [-0.05, 0) is 29.8 Å². The SMILES string of the molecule is COCCN1C(=O)C(O)=C(C(=O)c2cc3cccc(OC)c3o2)C1c1ccc(F)cc1. The summed E-state index contributed by atoms with van der Waals surface area (Å²) in [6, 6.07) is 11.2. The third-order valence-corrected chi connectivity index (χ3v) is 5.22. The highest BCUT2D eigenvalue weighted by molar-refractivity contribution is 6.16. The molecule has 7 nitrogen and oxygen atoms in total. The van der Waals surface area contributed by atoms with Gasteiger partial charge in [0.1, 0.15) is 5.82 Å². The van der Waals surface area contributed by atoms with Crippen molar-refractivity contribution in [2.24, 2.45) is 0 Å². The van der Waals surface area contributed by atoms with E-state index in [1.165, 1.54) is 49.5 Å². The number of hydrogen-bond donors (Lipinski definition) is 1. The number of carbonyl (C=O) groups excluding carboxylic acids is 2. The molecule has 1 aromatic heterocycles. The van der Waals surface area contributed by atoms with Crippen LogP contribution in [0.3, 0.4) is 0 Å². The van der Waals surface area contributed by atoms with Crippen LogP contribution in [0.4, 0.5) is 4.39 Å². The zero-order chi connectivity index (χ0) is 22.1.